The molecule has 104 valence electrons. The molecule has 2 rings (SSSR count). The Labute approximate surface area is 115 Å². The van der Waals surface area contributed by atoms with Crippen LogP contribution in [0.15, 0.2) is 24.3 Å². The molecule has 0 unspecified atom stereocenters. The van der Waals surface area contributed by atoms with Crippen molar-refractivity contribution in [3.8, 4) is 0 Å². The van der Waals surface area contributed by atoms with Crippen LogP contribution in [-0.2, 0) is 11.2 Å². The zero-order chi connectivity index (χ0) is 13.5. The quantitative estimate of drug-likeness (QED) is 0.808. The van der Waals surface area contributed by atoms with Crippen molar-refractivity contribution in [2.45, 2.75) is 19.3 Å². The summed E-state index contributed by atoms with van der Waals surface area (Å²) >= 11 is 0. The Morgan fingerprint density at radius 1 is 1.32 bits per heavy atom. The van der Waals surface area contributed by atoms with Gasteiger partial charge < -0.3 is 15.5 Å². The van der Waals surface area contributed by atoms with Gasteiger partial charge in [0.1, 0.15) is 0 Å². The SMILES string of the molecule is CNCCC(=O)NCCN1CCCc2ccccc21. The number of aryl methyl sites for hydroxylation is 1. The van der Waals surface area contributed by atoms with Crippen LogP contribution in [0.25, 0.3) is 0 Å². The van der Waals surface area contributed by atoms with Gasteiger partial charge in [-0.25, -0.2) is 0 Å². The highest BCUT2D eigenvalue weighted by Crippen LogP contribution is 2.25. The Bertz CT molecular complexity index is 420. The first-order valence-electron chi connectivity index (χ1n) is 7.05. The van der Waals surface area contributed by atoms with Crippen molar-refractivity contribution < 1.29 is 4.79 Å². The summed E-state index contributed by atoms with van der Waals surface area (Å²) in [7, 11) is 1.86. The van der Waals surface area contributed by atoms with E-state index in [0.717, 1.165) is 26.2 Å². The van der Waals surface area contributed by atoms with Crippen LogP contribution in [0.3, 0.4) is 0 Å². The van der Waals surface area contributed by atoms with Gasteiger partial charge in [0.15, 0.2) is 0 Å². The molecule has 2 N–H and O–H groups in total. The number of hydrogen-bond acceptors (Lipinski definition) is 3. The topological polar surface area (TPSA) is 44.4 Å². The van der Waals surface area contributed by atoms with Gasteiger partial charge in [0.05, 0.1) is 0 Å². The molecule has 0 radical (unpaired) electrons. The minimum atomic E-state index is 0.125. The summed E-state index contributed by atoms with van der Waals surface area (Å²) in [5, 5.41) is 5.96. The lowest BCUT2D eigenvalue weighted by atomic mass is 10.0. The van der Waals surface area contributed by atoms with Crippen molar-refractivity contribution in [3.05, 3.63) is 29.8 Å². The van der Waals surface area contributed by atoms with Crippen molar-refractivity contribution >= 4 is 11.6 Å². The fourth-order valence-corrected chi connectivity index (χ4v) is 2.50. The third kappa shape index (κ3) is 3.96. The predicted molar refractivity (Wildman–Crippen MR) is 78.5 cm³/mol. The highest BCUT2D eigenvalue weighted by Gasteiger charge is 2.15. The number of anilines is 1. The van der Waals surface area contributed by atoms with E-state index in [1.807, 2.05) is 7.05 Å². The summed E-state index contributed by atoms with van der Waals surface area (Å²) in [6.07, 6.45) is 2.92. The molecule has 1 aromatic carbocycles. The van der Waals surface area contributed by atoms with Crippen LogP contribution in [0, 0.1) is 0 Å². The fourth-order valence-electron chi connectivity index (χ4n) is 2.50. The van der Waals surface area contributed by atoms with Gasteiger partial charge in [-0.2, -0.15) is 0 Å². The number of benzene rings is 1. The zero-order valence-electron chi connectivity index (χ0n) is 11.6. The number of nitrogens with zero attached hydrogens (tertiary/aromatic N) is 1. The number of nitrogens with one attached hydrogen (secondary N) is 2. The molecule has 0 saturated carbocycles. The second-order valence-electron chi connectivity index (χ2n) is 4.92. The fraction of sp³-hybridized carbons (Fsp3) is 0.533. The first-order valence-corrected chi connectivity index (χ1v) is 7.05. The normalized spacial score (nSPS) is 14.1. The molecule has 0 aromatic heterocycles. The van der Waals surface area contributed by atoms with Gasteiger partial charge in [-0.1, -0.05) is 18.2 Å². The highest BCUT2D eigenvalue weighted by atomic mass is 16.1. The Hall–Kier alpha value is -1.55. The van der Waals surface area contributed by atoms with E-state index in [4.69, 9.17) is 0 Å². The molecule has 19 heavy (non-hydrogen) atoms. The van der Waals surface area contributed by atoms with Gasteiger partial charge in [-0.15, -0.1) is 0 Å². The molecule has 0 saturated heterocycles. The lowest BCUT2D eigenvalue weighted by Crippen LogP contribution is -2.38. The van der Waals surface area contributed by atoms with Crippen molar-refractivity contribution in [2.75, 3.05) is 38.1 Å². The summed E-state index contributed by atoms with van der Waals surface area (Å²) in [6.45, 7) is 3.43. The Kier molecular flexibility index (Phi) is 5.21. The lowest BCUT2D eigenvalue weighted by Gasteiger charge is -2.31. The molecule has 0 aliphatic carbocycles. The number of rotatable bonds is 6. The maximum absolute atomic E-state index is 11.5. The Morgan fingerprint density at radius 2 is 2.16 bits per heavy atom. The smallest absolute Gasteiger partial charge is 0.221 e. The first kappa shape index (κ1) is 13.9. The largest absolute Gasteiger partial charge is 0.370 e. The molecule has 0 atom stereocenters. The average molecular weight is 261 g/mol. The summed E-state index contributed by atoms with van der Waals surface area (Å²) in [6, 6.07) is 8.56. The standard InChI is InChI=1S/C15H23N3O/c1-16-9-8-15(19)17-10-12-18-11-4-6-13-5-2-3-7-14(13)18/h2-3,5,7,16H,4,6,8-12H2,1H3,(H,17,19). The summed E-state index contributed by atoms with van der Waals surface area (Å²) in [4.78, 5) is 13.9. The number of hydrogen-bond donors (Lipinski definition) is 2. The van der Waals surface area contributed by atoms with Crippen molar-refractivity contribution in [2.24, 2.45) is 0 Å². The van der Waals surface area contributed by atoms with Gasteiger partial charge >= 0.3 is 0 Å². The molecule has 1 aromatic rings. The number of fused-ring (bicyclic) bond motifs is 1. The minimum Gasteiger partial charge on any atom is -0.370 e. The second kappa shape index (κ2) is 7.14. The third-order valence-electron chi connectivity index (χ3n) is 3.51. The molecule has 4 heteroatoms. The summed E-state index contributed by atoms with van der Waals surface area (Å²) < 4.78 is 0. The van der Waals surface area contributed by atoms with Crippen LogP contribution < -0.4 is 15.5 Å². The van der Waals surface area contributed by atoms with Crippen LogP contribution in [-0.4, -0.2) is 39.1 Å². The minimum absolute atomic E-state index is 0.125. The van der Waals surface area contributed by atoms with Gasteiger partial charge in [0.2, 0.25) is 5.91 Å². The number of carbonyl (C=O) groups excluding carboxylic acids is 1. The third-order valence-corrected chi connectivity index (χ3v) is 3.51. The van der Waals surface area contributed by atoms with E-state index in [1.54, 1.807) is 0 Å². The van der Waals surface area contributed by atoms with Gasteiger partial charge in [-0.05, 0) is 31.5 Å². The maximum atomic E-state index is 11.5. The lowest BCUT2D eigenvalue weighted by molar-refractivity contribution is -0.120. The van der Waals surface area contributed by atoms with E-state index in [0.29, 0.717) is 6.42 Å². The predicted octanol–water partition coefficient (Wildman–Crippen LogP) is 1.16. The molecule has 1 amide bonds. The number of para-hydroxylation sites is 1. The van der Waals surface area contributed by atoms with Crippen molar-refractivity contribution in [1.29, 1.82) is 0 Å². The average Bonchev–Trinajstić information content (AvgIpc) is 2.45. The Morgan fingerprint density at radius 3 is 3.00 bits per heavy atom. The van der Waals surface area contributed by atoms with Crippen LogP contribution in [0.5, 0.6) is 0 Å². The zero-order valence-corrected chi connectivity index (χ0v) is 11.6. The van der Waals surface area contributed by atoms with Crippen LogP contribution in [0.4, 0.5) is 5.69 Å². The van der Waals surface area contributed by atoms with E-state index in [1.165, 1.54) is 24.1 Å². The van der Waals surface area contributed by atoms with Crippen molar-refractivity contribution in [3.63, 3.8) is 0 Å². The van der Waals surface area contributed by atoms with E-state index in [2.05, 4.69) is 39.8 Å². The molecule has 1 heterocycles. The van der Waals surface area contributed by atoms with Crippen LogP contribution >= 0.6 is 0 Å². The Balaban J connectivity index is 1.80. The summed E-state index contributed by atoms with van der Waals surface area (Å²) in [5.41, 5.74) is 2.76. The molecule has 1 aliphatic rings. The van der Waals surface area contributed by atoms with Gasteiger partial charge in [0.25, 0.3) is 0 Å². The monoisotopic (exact) mass is 261 g/mol. The molecule has 0 spiro atoms. The van der Waals surface area contributed by atoms with Gasteiger partial charge in [-0.3, -0.25) is 4.79 Å². The molecule has 0 fully saturated rings. The second-order valence-corrected chi connectivity index (χ2v) is 4.92. The molecular weight excluding hydrogens is 238 g/mol. The molecular formula is C15H23N3O. The highest BCUT2D eigenvalue weighted by molar-refractivity contribution is 5.76. The van der Waals surface area contributed by atoms with E-state index < -0.39 is 0 Å². The number of carbonyl (C=O) groups is 1. The van der Waals surface area contributed by atoms with E-state index in [9.17, 15) is 4.79 Å². The van der Waals surface area contributed by atoms with Crippen molar-refractivity contribution in [1.82, 2.24) is 10.6 Å². The van der Waals surface area contributed by atoms with Crippen LogP contribution in [0.2, 0.25) is 0 Å². The number of amides is 1. The first-order chi connectivity index (χ1) is 9.31. The van der Waals surface area contributed by atoms with E-state index in [-0.39, 0.29) is 5.91 Å². The molecule has 1 aliphatic heterocycles. The molecule has 4 nitrogen and oxygen atoms in total. The maximum Gasteiger partial charge on any atom is 0.221 e. The van der Waals surface area contributed by atoms with Crippen LogP contribution in [0.1, 0.15) is 18.4 Å². The summed E-state index contributed by atoms with van der Waals surface area (Å²) in [5.74, 6) is 0.125. The van der Waals surface area contributed by atoms with Gasteiger partial charge in [0, 0.05) is 38.3 Å². The molecule has 0 bridgehead atoms. The van der Waals surface area contributed by atoms with E-state index >= 15 is 0 Å².